The Hall–Kier alpha value is 0.252. The van der Waals surface area contributed by atoms with Gasteiger partial charge in [0.15, 0.2) is 0 Å². The summed E-state index contributed by atoms with van der Waals surface area (Å²) in [5, 5.41) is 0. The second-order valence-electron chi connectivity index (χ2n) is 0. The largest absolute Gasteiger partial charge is 3.00 e. The van der Waals surface area contributed by atoms with E-state index in [0.717, 1.165) is 0 Å². The minimum absolute atomic E-state index is 0. The Morgan fingerprint density at radius 2 is 0.500 bits per heavy atom. The maximum absolute atomic E-state index is 0. The van der Waals surface area contributed by atoms with E-state index in [-0.39, 0.29) is 56.4 Å². The van der Waals surface area contributed by atoms with Gasteiger partial charge in [-0.3, -0.25) is 0 Å². The summed E-state index contributed by atoms with van der Waals surface area (Å²) in [7, 11) is 0. The summed E-state index contributed by atoms with van der Waals surface area (Å²) >= 11 is 0. The van der Waals surface area contributed by atoms with Crippen LogP contribution in [0.3, 0.4) is 0 Å². The molecule has 0 atom stereocenters. The van der Waals surface area contributed by atoms with Gasteiger partial charge in [0.1, 0.15) is 0 Å². The van der Waals surface area contributed by atoms with Crippen LogP contribution in [-0.2, 0) is 0 Å². The normalized spacial score (nSPS) is 0. The molecule has 7 nitrogen and oxygen atoms in total. The topological polar surface area (TPSA) is 220 Å². The molecule has 0 amide bonds. The first-order valence-corrected chi connectivity index (χ1v) is 0. The third-order valence-corrected chi connectivity index (χ3v) is 0. The van der Waals surface area contributed by atoms with Crippen molar-refractivity contribution in [3.8, 4) is 0 Å². The minimum Gasteiger partial charge on any atom is -0.870 e. The average molecular weight is 149 g/mol. The van der Waals surface area contributed by atoms with E-state index >= 15 is 0 Å². The molecule has 0 unspecified atom stereocenters. The Balaban J connectivity index is 0. The minimum atomic E-state index is 0. The van der Waals surface area contributed by atoms with Crippen molar-refractivity contribution < 1.29 is 32.9 Å². The van der Waals surface area contributed by atoms with E-state index in [1.54, 1.807) is 0 Å². The molecule has 0 bridgehead atoms. The van der Waals surface area contributed by atoms with Gasteiger partial charge in [-0.2, -0.15) is 0 Å². The maximum Gasteiger partial charge on any atom is 3.00 e. The fourth-order valence-electron chi connectivity index (χ4n) is 0. The fourth-order valence-corrected chi connectivity index (χ4v) is 0. The molecule has 0 aromatic rings. The fraction of sp³-hybridized carbons (Fsp3) is 0. The van der Waals surface area contributed by atoms with Crippen LogP contribution < -0.4 is 6.15 Å². The van der Waals surface area contributed by atoms with E-state index in [9.17, 15) is 0 Å². The van der Waals surface area contributed by atoms with Gasteiger partial charge in [-0.25, -0.2) is 0 Å². The van der Waals surface area contributed by atoms with E-state index in [1.807, 2.05) is 0 Å². The van der Waals surface area contributed by atoms with Crippen molar-refractivity contribution in [3.63, 3.8) is 0 Å². The van der Waals surface area contributed by atoms with E-state index in [2.05, 4.69) is 0 Å². The Morgan fingerprint density at radius 3 is 0.500 bits per heavy atom. The van der Waals surface area contributed by atoms with Gasteiger partial charge in [0.05, 0.1) is 0 Å². The van der Waals surface area contributed by atoms with Gasteiger partial charge >= 0.3 is 17.4 Å². The summed E-state index contributed by atoms with van der Waals surface area (Å²) in [6, 6.07) is 0. The molecule has 0 aromatic carbocycles. The molecule has 12 N–H and O–H groups in total. The zero-order valence-corrected chi connectivity index (χ0v) is 5.28. The average Bonchev–Trinajstić information content (AvgIpc) is 0. The Bertz CT molecular complexity index is 8.49. The first-order chi connectivity index (χ1) is 0. The first-order valence-electron chi connectivity index (χ1n) is 0. The standard InChI is InChI=1S/Al.H3N.6H2O/h;1H3;6*1H2/q+3;;;;;;;/p-3. The zero-order chi connectivity index (χ0) is 0. The summed E-state index contributed by atoms with van der Waals surface area (Å²) in [5.41, 5.74) is 0. The first kappa shape index (κ1) is 6810. The van der Waals surface area contributed by atoms with E-state index in [0.29, 0.717) is 0 Å². The molecular formula is H12AlNO6. The Morgan fingerprint density at radius 1 is 0.500 bits per heavy atom. The van der Waals surface area contributed by atoms with Gasteiger partial charge < -0.3 is 39.0 Å². The van der Waals surface area contributed by atoms with E-state index in [4.69, 9.17) is 0 Å². The van der Waals surface area contributed by atoms with Crippen LogP contribution in [0.5, 0.6) is 0 Å². The van der Waals surface area contributed by atoms with Gasteiger partial charge in [0, 0.05) is 0 Å². The van der Waals surface area contributed by atoms with Crippen molar-refractivity contribution in [2.24, 2.45) is 0 Å². The zero-order valence-electron chi connectivity index (χ0n) is 4.13. The molecule has 0 aromatic heterocycles. The van der Waals surface area contributed by atoms with Crippen molar-refractivity contribution >= 4 is 17.4 Å². The Labute approximate surface area is 57.3 Å². The number of rotatable bonds is 0. The molecule has 0 radical (unpaired) electrons. The van der Waals surface area contributed by atoms with E-state index < -0.39 is 0 Å². The molecule has 0 aliphatic rings. The van der Waals surface area contributed by atoms with Crippen LogP contribution in [0.2, 0.25) is 0 Å². The van der Waals surface area contributed by atoms with Gasteiger partial charge in [0.2, 0.25) is 0 Å². The third kappa shape index (κ3) is 2710. The molecule has 0 aliphatic carbocycles. The van der Waals surface area contributed by atoms with Crippen LogP contribution in [0.25, 0.3) is 0 Å². The molecule has 0 rings (SSSR count). The van der Waals surface area contributed by atoms with Gasteiger partial charge in [-0.1, -0.05) is 0 Å². The SMILES string of the molecule is N.O.O.O.[Al+3].[OH-].[OH-].[OH-]. The van der Waals surface area contributed by atoms with Crippen LogP contribution >= 0.6 is 0 Å². The summed E-state index contributed by atoms with van der Waals surface area (Å²) in [4.78, 5) is 0. The molecule has 0 spiro atoms. The predicted octanol–water partition coefficient (Wildman–Crippen LogP) is -3.22. The van der Waals surface area contributed by atoms with Crippen molar-refractivity contribution in [2.75, 3.05) is 0 Å². The van der Waals surface area contributed by atoms with Crippen molar-refractivity contribution in [1.29, 1.82) is 0 Å². The maximum atomic E-state index is 0. The number of hydrogen-bond acceptors (Lipinski definition) is 4. The smallest absolute Gasteiger partial charge is 0.870 e. The van der Waals surface area contributed by atoms with Gasteiger partial charge in [0.25, 0.3) is 0 Å². The molecule has 0 fully saturated rings. The molecular weight excluding hydrogens is 137 g/mol. The molecule has 8 heteroatoms. The molecule has 8 heavy (non-hydrogen) atoms. The second kappa shape index (κ2) is 4450. The quantitative estimate of drug-likeness (QED) is 0.350. The Kier molecular flexibility index (Phi) is 3790000. The monoisotopic (exact) mass is 149 g/mol. The summed E-state index contributed by atoms with van der Waals surface area (Å²) in [6.07, 6.45) is 0. The molecule has 0 aliphatic heterocycles. The molecule has 0 saturated carbocycles. The summed E-state index contributed by atoms with van der Waals surface area (Å²) < 4.78 is 0. The summed E-state index contributed by atoms with van der Waals surface area (Å²) in [6.45, 7) is 0. The van der Waals surface area contributed by atoms with Crippen molar-refractivity contribution in [3.05, 3.63) is 0 Å². The van der Waals surface area contributed by atoms with Crippen LogP contribution in [-0.4, -0.2) is 50.2 Å². The molecule has 0 saturated heterocycles. The van der Waals surface area contributed by atoms with Crippen molar-refractivity contribution in [2.45, 2.75) is 0 Å². The van der Waals surface area contributed by atoms with Gasteiger partial charge in [-0.05, 0) is 0 Å². The van der Waals surface area contributed by atoms with Crippen LogP contribution in [0, 0.1) is 0 Å². The predicted molar refractivity (Wildman–Crippen MR) is 27.4 cm³/mol. The molecule has 0 heterocycles. The third-order valence-electron chi connectivity index (χ3n) is 0. The van der Waals surface area contributed by atoms with Crippen LogP contribution in [0.1, 0.15) is 0 Å². The van der Waals surface area contributed by atoms with Gasteiger partial charge in [-0.15, -0.1) is 0 Å². The van der Waals surface area contributed by atoms with Crippen molar-refractivity contribution in [1.82, 2.24) is 6.15 Å². The van der Waals surface area contributed by atoms with Crippen LogP contribution in [0.15, 0.2) is 0 Å². The molecule has 56 valence electrons. The van der Waals surface area contributed by atoms with Crippen LogP contribution in [0.4, 0.5) is 0 Å². The number of hydrogen-bond donors (Lipinski definition) is 1. The summed E-state index contributed by atoms with van der Waals surface area (Å²) in [5.74, 6) is 0. The van der Waals surface area contributed by atoms with E-state index in [1.165, 1.54) is 0 Å². The second-order valence-corrected chi connectivity index (χ2v) is 0.